The minimum atomic E-state index is -0.257. The first-order chi connectivity index (χ1) is 6.75. The van der Waals surface area contributed by atoms with Gasteiger partial charge in [0, 0.05) is 13.1 Å². The smallest absolute Gasteiger partial charge is 0.227 e. The fourth-order valence-electron chi connectivity index (χ4n) is 2.28. The number of rotatable bonds is 3. The number of amides is 1. The number of carbonyl (C=O) groups is 1. The maximum absolute atomic E-state index is 11.9. The third-order valence-corrected chi connectivity index (χ3v) is 3.27. The summed E-state index contributed by atoms with van der Waals surface area (Å²) in [7, 11) is 0. The zero-order valence-electron chi connectivity index (χ0n) is 9.14. The van der Waals surface area contributed by atoms with Gasteiger partial charge in [0.25, 0.3) is 0 Å². The molecular formula is C11H22N2O. The molecule has 82 valence electrons. The monoisotopic (exact) mass is 198 g/mol. The van der Waals surface area contributed by atoms with Crippen LogP contribution in [0.4, 0.5) is 0 Å². The first-order valence-electron chi connectivity index (χ1n) is 5.73. The molecule has 3 nitrogen and oxygen atoms in total. The Bertz CT molecular complexity index is 184. The SMILES string of the molecule is CCNC(=O)C1(CN)CCCCCC1. The van der Waals surface area contributed by atoms with Crippen molar-refractivity contribution in [2.45, 2.75) is 45.4 Å². The molecular weight excluding hydrogens is 176 g/mol. The van der Waals surface area contributed by atoms with E-state index in [1.54, 1.807) is 0 Å². The van der Waals surface area contributed by atoms with Crippen molar-refractivity contribution in [1.29, 1.82) is 0 Å². The van der Waals surface area contributed by atoms with E-state index in [-0.39, 0.29) is 11.3 Å². The first kappa shape index (κ1) is 11.5. The third-order valence-electron chi connectivity index (χ3n) is 3.27. The molecule has 0 aromatic rings. The van der Waals surface area contributed by atoms with Crippen LogP contribution in [-0.2, 0) is 4.79 Å². The Hall–Kier alpha value is -0.570. The van der Waals surface area contributed by atoms with Gasteiger partial charge < -0.3 is 11.1 Å². The highest BCUT2D eigenvalue weighted by molar-refractivity contribution is 5.82. The molecule has 0 aromatic heterocycles. The lowest BCUT2D eigenvalue weighted by Crippen LogP contribution is -2.45. The first-order valence-corrected chi connectivity index (χ1v) is 5.73. The van der Waals surface area contributed by atoms with Crippen molar-refractivity contribution >= 4 is 5.91 Å². The molecule has 0 heterocycles. The van der Waals surface area contributed by atoms with Crippen molar-refractivity contribution in [3.05, 3.63) is 0 Å². The van der Waals surface area contributed by atoms with Crippen molar-refractivity contribution < 1.29 is 4.79 Å². The van der Waals surface area contributed by atoms with Crippen molar-refractivity contribution in [2.75, 3.05) is 13.1 Å². The van der Waals surface area contributed by atoms with E-state index in [2.05, 4.69) is 5.32 Å². The molecule has 1 fully saturated rings. The number of nitrogens with two attached hydrogens (primary N) is 1. The van der Waals surface area contributed by atoms with E-state index >= 15 is 0 Å². The maximum Gasteiger partial charge on any atom is 0.227 e. The van der Waals surface area contributed by atoms with Gasteiger partial charge in [-0.2, -0.15) is 0 Å². The van der Waals surface area contributed by atoms with Crippen molar-refractivity contribution in [3.63, 3.8) is 0 Å². The van der Waals surface area contributed by atoms with Gasteiger partial charge in [-0.15, -0.1) is 0 Å². The number of hydrogen-bond donors (Lipinski definition) is 2. The molecule has 0 aromatic carbocycles. The molecule has 0 saturated heterocycles. The average Bonchev–Trinajstić information content (AvgIpc) is 2.44. The molecule has 1 saturated carbocycles. The molecule has 0 atom stereocenters. The quantitative estimate of drug-likeness (QED) is 0.674. The van der Waals surface area contributed by atoms with Crippen LogP contribution in [0.1, 0.15) is 45.4 Å². The Labute approximate surface area is 86.4 Å². The van der Waals surface area contributed by atoms with Crippen LogP contribution in [0.25, 0.3) is 0 Å². The van der Waals surface area contributed by atoms with Gasteiger partial charge in [-0.3, -0.25) is 4.79 Å². The molecule has 0 spiro atoms. The summed E-state index contributed by atoms with van der Waals surface area (Å²) in [5, 5.41) is 2.92. The van der Waals surface area contributed by atoms with Gasteiger partial charge in [0.2, 0.25) is 5.91 Å². The van der Waals surface area contributed by atoms with Crippen molar-refractivity contribution in [1.82, 2.24) is 5.32 Å². The summed E-state index contributed by atoms with van der Waals surface area (Å²) in [6.45, 7) is 3.16. The van der Waals surface area contributed by atoms with E-state index in [9.17, 15) is 4.79 Å². The zero-order chi connectivity index (χ0) is 10.4. The van der Waals surface area contributed by atoms with E-state index < -0.39 is 0 Å². The third kappa shape index (κ3) is 2.47. The lowest BCUT2D eigenvalue weighted by molar-refractivity contribution is -0.131. The molecule has 3 N–H and O–H groups in total. The Morgan fingerprint density at radius 3 is 2.29 bits per heavy atom. The topological polar surface area (TPSA) is 55.1 Å². The number of nitrogens with one attached hydrogen (secondary N) is 1. The summed E-state index contributed by atoms with van der Waals surface area (Å²) in [5.41, 5.74) is 5.52. The van der Waals surface area contributed by atoms with Gasteiger partial charge >= 0.3 is 0 Å². The summed E-state index contributed by atoms with van der Waals surface area (Å²) in [6.07, 6.45) is 6.73. The minimum Gasteiger partial charge on any atom is -0.356 e. The van der Waals surface area contributed by atoms with Crippen LogP contribution in [0.2, 0.25) is 0 Å². The van der Waals surface area contributed by atoms with Crippen LogP contribution in [0, 0.1) is 5.41 Å². The summed E-state index contributed by atoms with van der Waals surface area (Å²) >= 11 is 0. The second-order valence-electron chi connectivity index (χ2n) is 4.26. The molecule has 0 aliphatic heterocycles. The molecule has 0 radical (unpaired) electrons. The highest BCUT2D eigenvalue weighted by Crippen LogP contribution is 2.34. The van der Waals surface area contributed by atoms with Crippen LogP contribution >= 0.6 is 0 Å². The Morgan fingerprint density at radius 1 is 1.29 bits per heavy atom. The second kappa shape index (κ2) is 5.35. The van der Waals surface area contributed by atoms with Crippen LogP contribution in [-0.4, -0.2) is 19.0 Å². The van der Waals surface area contributed by atoms with Crippen molar-refractivity contribution in [3.8, 4) is 0 Å². The lowest BCUT2D eigenvalue weighted by Gasteiger charge is -2.29. The Morgan fingerprint density at radius 2 is 1.86 bits per heavy atom. The Kier molecular flexibility index (Phi) is 4.39. The normalized spacial score (nSPS) is 21.3. The summed E-state index contributed by atoms with van der Waals surface area (Å²) in [6, 6.07) is 0. The molecule has 1 aliphatic rings. The van der Waals surface area contributed by atoms with Crippen LogP contribution in [0.15, 0.2) is 0 Å². The number of hydrogen-bond acceptors (Lipinski definition) is 2. The minimum absolute atomic E-state index is 0.171. The van der Waals surface area contributed by atoms with Crippen molar-refractivity contribution in [2.24, 2.45) is 11.1 Å². The Balaban J connectivity index is 2.66. The summed E-state index contributed by atoms with van der Waals surface area (Å²) in [5.74, 6) is 0.171. The predicted octanol–water partition coefficient (Wildman–Crippen LogP) is 1.42. The van der Waals surface area contributed by atoms with E-state index in [0.29, 0.717) is 13.1 Å². The van der Waals surface area contributed by atoms with E-state index in [0.717, 1.165) is 25.7 Å². The van der Waals surface area contributed by atoms with Crippen LogP contribution < -0.4 is 11.1 Å². The van der Waals surface area contributed by atoms with Gasteiger partial charge in [-0.25, -0.2) is 0 Å². The highest BCUT2D eigenvalue weighted by atomic mass is 16.2. The second-order valence-corrected chi connectivity index (χ2v) is 4.26. The zero-order valence-corrected chi connectivity index (χ0v) is 9.14. The fourth-order valence-corrected chi connectivity index (χ4v) is 2.28. The maximum atomic E-state index is 11.9. The standard InChI is InChI=1S/C11H22N2O/c1-2-13-10(14)11(9-12)7-5-3-4-6-8-11/h2-9,12H2,1H3,(H,13,14). The summed E-state index contributed by atoms with van der Waals surface area (Å²) in [4.78, 5) is 11.9. The number of carbonyl (C=O) groups excluding carboxylic acids is 1. The molecule has 0 bridgehead atoms. The average molecular weight is 198 g/mol. The lowest BCUT2D eigenvalue weighted by atomic mass is 9.79. The van der Waals surface area contributed by atoms with Gasteiger partial charge in [0.15, 0.2) is 0 Å². The van der Waals surface area contributed by atoms with Gasteiger partial charge in [0.05, 0.1) is 5.41 Å². The van der Waals surface area contributed by atoms with E-state index in [4.69, 9.17) is 5.73 Å². The molecule has 3 heteroatoms. The van der Waals surface area contributed by atoms with E-state index in [1.165, 1.54) is 12.8 Å². The molecule has 14 heavy (non-hydrogen) atoms. The van der Waals surface area contributed by atoms with E-state index in [1.807, 2.05) is 6.92 Å². The predicted molar refractivity (Wildman–Crippen MR) is 57.9 cm³/mol. The van der Waals surface area contributed by atoms with Gasteiger partial charge in [0.1, 0.15) is 0 Å². The molecule has 0 unspecified atom stereocenters. The highest BCUT2D eigenvalue weighted by Gasteiger charge is 2.36. The van der Waals surface area contributed by atoms with Crippen LogP contribution in [0.5, 0.6) is 0 Å². The van der Waals surface area contributed by atoms with Gasteiger partial charge in [-0.05, 0) is 19.8 Å². The summed E-state index contributed by atoms with van der Waals surface area (Å²) < 4.78 is 0. The fraction of sp³-hybridized carbons (Fsp3) is 0.909. The largest absolute Gasteiger partial charge is 0.356 e. The molecule has 1 rings (SSSR count). The van der Waals surface area contributed by atoms with Gasteiger partial charge in [-0.1, -0.05) is 25.7 Å². The van der Waals surface area contributed by atoms with Crippen LogP contribution in [0.3, 0.4) is 0 Å². The molecule has 1 aliphatic carbocycles. The molecule has 1 amide bonds.